The number of morpholine rings is 1. The second-order valence-electron chi connectivity index (χ2n) is 7.83. The van der Waals surface area contributed by atoms with Gasteiger partial charge in [0.05, 0.1) is 31.0 Å². The van der Waals surface area contributed by atoms with Crippen LogP contribution in [0.2, 0.25) is 0 Å². The lowest BCUT2D eigenvalue weighted by atomic mass is 10.1. The molecule has 1 aliphatic carbocycles. The molecule has 7 heteroatoms. The Kier molecular flexibility index (Phi) is 3.92. The van der Waals surface area contributed by atoms with Crippen molar-refractivity contribution in [3.05, 3.63) is 18.0 Å². The van der Waals surface area contributed by atoms with E-state index >= 15 is 0 Å². The third-order valence-electron chi connectivity index (χ3n) is 4.56. The fourth-order valence-corrected chi connectivity index (χ4v) is 3.18. The summed E-state index contributed by atoms with van der Waals surface area (Å²) in [6.07, 6.45) is 4.66. The predicted octanol–water partition coefficient (Wildman–Crippen LogP) is 1.76. The van der Waals surface area contributed by atoms with Gasteiger partial charge < -0.3 is 10.1 Å². The molecule has 130 valence electrons. The number of nitrogens with zero attached hydrogens (tertiary/aromatic N) is 5. The van der Waals surface area contributed by atoms with Crippen molar-refractivity contribution in [3.63, 3.8) is 0 Å². The zero-order valence-electron chi connectivity index (χ0n) is 14.7. The second-order valence-corrected chi connectivity index (χ2v) is 7.83. The first kappa shape index (κ1) is 15.8. The van der Waals surface area contributed by atoms with Crippen molar-refractivity contribution in [1.29, 1.82) is 0 Å². The van der Waals surface area contributed by atoms with Crippen molar-refractivity contribution in [1.82, 2.24) is 30.1 Å². The lowest BCUT2D eigenvalue weighted by Crippen LogP contribution is -2.40. The first-order valence-corrected chi connectivity index (χ1v) is 8.84. The number of hydrogen-bond donors (Lipinski definition) is 1. The van der Waals surface area contributed by atoms with Crippen LogP contribution in [0.4, 0.5) is 0 Å². The van der Waals surface area contributed by atoms with Gasteiger partial charge in [-0.3, -0.25) is 4.68 Å². The summed E-state index contributed by atoms with van der Waals surface area (Å²) in [6, 6.07) is 2.19. The van der Waals surface area contributed by atoms with Gasteiger partial charge in [0.15, 0.2) is 0 Å². The fourth-order valence-electron chi connectivity index (χ4n) is 3.18. The Morgan fingerprint density at radius 3 is 2.79 bits per heavy atom. The largest absolute Gasteiger partial charge is 0.374 e. The predicted molar refractivity (Wildman–Crippen MR) is 90.8 cm³/mol. The number of aromatic nitrogens is 5. The maximum Gasteiger partial charge on any atom is 0.133 e. The highest BCUT2D eigenvalue weighted by Gasteiger charge is 2.32. The molecule has 0 spiro atoms. The molecule has 0 bridgehead atoms. The standard InChI is InChI=1S/C17H26N6O/c1-17(2,3)23-16(12-4-5-12)8-14(20-23)15-11-22(21-19-15)10-13-9-18-6-7-24-13/h8,11-13,18H,4-7,9-10H2,1-3H3. The highest BCUT2D eigenvalue weighted by atomic mass is 16.5. The number of rotatable bonds is 4. The van der Waals surface area contributed by atoms with Gasteiger partial charge in [-0.05, 0) is 39.7 Å². The molecule has 1 aliphatic heterocycles. The van der Waals surface area contributed by atoms with Crippen molar-refractivity contribution in [2.24, 2.45) is 0 Å². The monoisotopic (exact) mass is 330 g/mol. The van der Waals surface area contributed by atoms with Crippen LogP contribution in [0, 0.1) is 0 Å². The van der Waals surface area contributed by atoms with Crippen LogP contribution < -0.4 is 5.32 Å². The minimum Gasteiger partial charge on any atom is -0.374 e. The highest BCUT2D eigenvalue weighted by Crippen LogP contribution is 2.42. The van der Waals surface area contributed by atoms with Crippen LogP contribution in [0.25, 0.3) is 11.4 Å². The van der Waals surface area contributed by atoms with Crippen molar-refractivity contribution < 1.29 is 4.74 Å². The minimum absolute atomic E-state index is 0.0201. The Hall–Kier alpha value is -1.73. The van der Waals surface area contributed by atoms with Gasteiger partial charge in [-0.15, -0.1) is 5.10 Å². The smallest absolute Gasteiger partial charge is 0.133 e. The molecule has 4 rings (SSSR count). The van der Waals surface area contributed by atoms with Crippen molar-refractivity contribution in [3.8, 4) is 11.4 Å². The molecule has 0 aromatic carbocycles. The molecule has 3 heterocycles. The lowest BCUT2D eigenvalue weighted by molar-refractivity contribution is 0.0158. The van der Waals surface area contributed by atoms with Gasteiger partial charge in [0.1, 0.15) is 11.4 Å². The van der Waals surface area contributed by atoms with Gasteiger partial charge in [-0.2, -0.15) is 5.10 Å². The topological polar surface area (TPSA) is 69.8 Å². The van der Waals surface area contributed by atoms with Crippen molar-refractivity contribution in [2.45, 2.75) is 57.7 Å². The Morgan fingerprint density at radius 1 is 1.29 bits per heavy atom. The van der Waals surface area contributed by atoms with Crippen LogP contribution in [0.5, 0.6) is 0 Å². The van der Waals surface area contributed by atoms with E-state index in [9.17, 15) is 0 Å². The van der Waals surface area contributed by atoms with Crippen LogP contribution in [0.1, 0.15) is 45.2 Å². The van der Waals surface area contributed by atoms with E-state index in [4.69, 9.17) is 9.84 Å². The van der Waals surface area contributed by atoms with Crippen LogP contribution in [-0.2, 0) is 16.8 Å². The molecule has 24 heavy (non-hydrogen) atoms. The van der Waals surface area contributed by atoms with Crippen molar-refractivity contribution in [2.75, 3.05) is 19.7 Å². The Labute approximate surface area is 142 Å². The summed E-state index contributed by atoms with van der Waals surface area (Å²) in [5.74, 6) is 0.655. The number of ether oxygens (including phenoxy) is 1. The van der Waals surface area contributed by atoms with E-state index in [0.29, 0.717) is 5.92 Å². The lowest BCUT2D eigenvalue weighted by Gasteiger charge is -2.23. The first-order valence-electron chi connectivity index (χ1n) is 8.84. The third-order valence-corrected chi connectivity index (χ3v) is 4.56. The van der Waals surface area contributed by atoms with E-state index in [2.05, 4.69) is 47.1 Å². The van der Waals surface area contributed by atoms with E-state index < -0.39 is 0 Å². The molecule has 1 atom stereocenters. The fraction of sp³-hybridized carbons (Fsp3) is 0.706. The molecular weight excluding hydrogens is 304 g/mol. The summed E-state index contributed by atoms with van der Waals surface area (Å²) in [6.45, 7) is 9.84. The van der Waals surface area contributed by atoms with E-state index in [1.165, 1.54) is 18.5 Å². The molecule has 1 unspecified atom stereocenters. The normalized spacial score (nSPS) is 22.0. The average Bonchev–Trinajstić information content (AvgIpc) is 3.11. The van der Waals surface area contributed by atoms with Crippen LogP contribution >= 0.6 is 0 Å². The molecule has 2 aromatic heterocycles. The van der Waals surface area contributed by atoms with Gasteiger partial charge in [0.2, 0.25) is 0 Å². The summed E-state index contributed by atoms with van der Waals surface area (Å²) < 4.78 is 9.75. The quantitative estimate of drug-likeness (QED) is 0.925. The molecule has 1 saturated carbocycles. The molecule has 2 aliphatic rings. The number of nitrogens with one attached hydrogen (secondary N) is 1. The molecule has 0 radical (unpaired) electrons. The van der Waals surface area contributed by atoms with E-state index in [1.807, 2.05) is 10.9 Å². The summed E-state index contributed by atoms with van der Waals surface area (Å²) in [5.41, 5.74) is 3.06. The summed E-state index contributed by atoms with van der Waals surface area (Å²) in [7, 11) is 0. The van der Waals surface area contributed by atoms with Gasteiger partial charge in [0, 0.05) is 24.7 Å². The molecule has 7 nitrogen and oxygen atoms in total. The summed E-state index contributed by atoms with van der Waals surface area (Å²) in [5, 5.41) is 16.8. The summed E-state index contributed by atoms with van der Waals surface area (Å²) >= 11 is 0. The second kappa shape index (κ2) is 5.97. The number of hydrogen-bond acceptors (Lipinski definition) is 5. The van der Waals surface area contributed by atoms with Gasteiger partial charge in [-0.1, -0.05) is 5.21 Å². The Bertz CT molecular complexity index is 703. The van der Waals surface area contributed by atoms with E-state index in [-0.39, 0.29) is 11.6 Å². The van der Waals surface area contributed by atoms with E-state index in [0.717, 1.165) is 37.6 Å². The molecule has 1 saturated heterocycles. The Balaban J connectivity index is 1.55. The average molecular weight is 330 g/mol. The third kappa shape index (κ3) is 3.23. The first-order chi connectivity index (χ1) is 11.5. The van der Waals surface area contributed by atoms with E-state index in [1.54, 1.807) is 0 Å². The van der Waals surface area contributed by atoms with Gasteiger partial charge in [-0.25, -0.2) is 4.68 Å². The molecule has 2 aromatic rings. The van der Waals surface area contributed by atoms with Gasteiger partial charge in [0.25, 0.3) is 0 Å². The molecule has 0 amide bonds. The Morgan fingerprint density at radius 2 is 2.12 bits per heavy atom. The molecule has 1 N–H and O–H groups in total. The molecular formula is C17H26N6O. The van der Waals surface area contributed by atoms with Gasteiger partial charge >= 0.3 is 0 Å². The zero-order valence-corrected chi connectivity index (χ0v) is 14.7. The zero-order chi connectivity index (χ0) is 16.7. The maximum absolute atomic E-state index is 5.73. The summed E-state index contributed by atoms with van der Waals surface area (Å²) in [4.78, 5) is 0. The van der Waals surface area contributed by atoms with Crippen LogP contribution in [0.15, 0.2) is 12.3 Å². The minimum atomic E-state index is -0.0201. The van der Waals surface area contributed by atoms with Crippen LogP contribution in [0.3, 0.4) is 0 Å². The molecule has 2 fully saturated rings. The highest BCUT2D eigenvalue weighted by molar-refractivity contribution is 5.53. The van der Waals surface area contributed by atoms with Crippen molar-refractivity contribution >= 4 is 0 Å². The maximum atomic E-state index is 5.73. The van der Waals surface area contributed by atoms with Crippen LogP contribution in [-0.4, -0.2) is 50.6 Å². The SMILES string of the molecule is CC(C)(C)n1nc(-c2cn(CC3CNCCO3)nn2)cc1C1CC1.